The monoisotopic (exact) mass is 272 g/mol. The van der Waals surface area contributed by atoms with E-state index in [4.69, 9.17) is 9.84 Å². The summed E-state index contributed by atoms with van der Waals surface area (Å²) in [6.45, 7) is -0.382. The standard InChI is InChI=1S/C6H13O7P.2Na/c7-2-5-4(8)1-6(13-5)12-3-14(9,10)11;;/h4-8H,1-3H2,(H2,9,10,11);;/q;2*+1/p-2/t4-,5+,6-;;/m0../s1. The van der Waals surface area contributed by atoms with Crippen molar-refractivity contribution in [3.05, 3.63) is 0 Å². The van der Waals surface area contributed by atoms with Crippen LogP contribution in [0.1, 0.15) is 6.42 Å². The minimum Gasteiger partial charge on any atom is -0.686 e. The molecule has 0 spiro atoms. The molecular weight excluding hydrogens is 261 g/mol. The molecule has 0 saturated carbocycles. The molecule has 1 fully saturated rings. The molecule has 2 N–H and O–H groups in total. The Labute approximate surface area is 138 Å². The summed E-state index contributed by atoms with van der Waals surface area (Å²) < 4.78 is 9.49. The van der Waals surface area contributed by atoms with E-state index >= 15 is 0 Å². The molecule has 7 nitrogen and oxygen atoms in total. The summed E-state index contributed by atoms with van der Waals surface area (Å²) in [6.07, 6.45) is -3.55. The molecule has 0 aromatic rings. The molecule has 3 atom stereocenters. The predicted octanol–water partition coefficient (Wildman–Crippen LogP) is -9.72. The zero-order valence-electron chi connectivity index (χ0n) is 9.24. The molecule has 16 heavy (non-hydrogen) atoms. The molecule has 0 amide bonds. The third-order valence-electron chi connectivity index (χ3n) is 1.79. The molecule has 1 heterocycles. The smallest absolute Gasteiger partial charge is 0.686 e. The summed E-state index contributed by atoms with van der Waals surface area (Å²) in [6, 6.07) is 0. The zero-order chi connectivity index (χ0) is 10.8. The van der Waals surface area contributed by atoms with Crippen molar-refractivity contribution >= 4 is 7.94 Å². The Morgan fingerprint density at radius 3 is 2.25 bits per heavy atom. The molecule has 0 bridgehead atoms. The molecule has 0 aliphatic carbocycles. The molecule has 10 heteroatoms. The van der Waals surface area contributed by atoms with E-state index in [1.54, 1.807) is 0 Å². The second-order valence-corrected chi connectivity index (χ2v) is 4.48. The zero-order valence-corrected chi connectivity index (χ0v) is 14.1. The van der Waals surface area contributed by atoms with Crippen LogP contribution in [0, 0.1) is 0 Å². The topological polar surface area (TPSA) is 128 Å². The van der Waals surface area contributed by atoms with E-state index in [-0.39, 0.29) is 72.1 Å². The maximum atomic E-state index is 10.2. The molecule has 1 aliphatic heterocycles. The van der Waals surface area contributed by atoms with Crippen LogP contribution in [-0.4, -0.2) is 41.7 Å². The van der Waals surface area contributed by atoms with Crippen LogP contribution in [0.4, 0.5) is 0 Å². The third kappa shape index (κ3) is 7.56. The van der Waals surface area contributed by atoms with Gasteiger partial charge < -0.3 is 34.4 Å². The van der Waals surface area contributed by atoms with Crippen molar-refractivity contribution in [2.75, 3.05) is 13.0 Å². The molecule has 0 aromatic carbocycles. The second-order valence-electron chi connectivity index (χ2n) is 3.00. The summed E-state index contributed by atoms with van der Waals surface area (Å²) in [4.78, 5) is 30.6. The Balaban J connectivity index is 0. The van der Waals surface area contributed by atoms with Gasteiger partial charge in [0.05, 0.1) is 12.7 Å². The van der Waals surface area contributed by atoms with Gasteiger partial charge in [0, 0.05) is 6.42 Å². The van der Waals surface area contributed by atoms with Crippen molar-refractivity contribution in [3.63, 3.8) is 0 Å². The van der Waals surface area contributed by atoms with Gasteiger partial charge in [-0.15, -0.1) is 7.94 Å². The fraction of sp³-hybridized carbons (Fsp3) is 1.00. The van der Waals surface area contributed by atoms with Crippen molar-refractivity contribution in [1.82, 2.24) is 0 Å². The van der Waals surface area contributed by atoms with Gasteiger partial charge in [-0.3, -0.25) is 0 Å². The first-order valence-electron chi connectivity index (χ1n) is 3.99. The largest absolute Gasteiger partial charge is 1.00 e. The average molecular weight is 272 g/mol. The van der Waals surface area contributed by atoms with E-state index in [1.807, 2.05) is 0 Å². The van der Waals surface area contributed by atoms with Crippen LogP contribution in [0.2, 0.25) is 0 Å². The number of hydrogen-bond donors (Lipinski definition) is 2. The quantitative estimate of drug-likeness (QED) is 0.384. The van der Waals surface area contributed by atoms with Crippen LogP contribution in [0.15, 0.2) is 0 Å². The van der Waals surface area contributed by atoms with E-state index in [0.717, 1.165) is 0 Å². The average Bonchev–Trinajstić information content (AvgIpc) is 2.42. The first kappa shape index (κ1) is 20.5. The van der Waals surface area contributed by atoms with Gasteiger partial charge in [0.2, 0.25) is 0 Å². The molecule has 1 rings (SSSR count). The molecule has 84 valence electrons. The van der Waals surface area contributed by atoms with Crippen molar-refractivity contribution in [1.29, 1.82) is 0 Å². The maximum Gasteiger partial charge on any atom is 1.00 e. The van der Waals surface area contributed by atoms with Crippen LogP contribution in [-0.2, 0) is 9.47 Å². The van der Waals surface area contributed by atoms with Gasteiger partial charge in [-0.2, -0.15) is 0 Å². The predicted molar refractivity (Wildman–Crippen MR) is 39.2 cm³/mol. The number of hydrogen-bond acceptors (Lipinski definition) is 7. The van der Waals surface area contributed by atoms with Gasteiger partial charge in [-0.1, -0.05) is 0 Å². The first-order chi connectivity index (χ1) is 6.42. The van der Waals surface area contributed by atoms with Crippen LogP contribution in [0.5, 0.6) is 0 Å². The summed E-state index contributed by atoms with van der Waals surface area (Å²) in [5.41, 5.74) is 0. The fourth-order valence-corrected chi connectivity index (χ4v) is 1.49. The minimum atomic E-state index is -4.71. The second kappa shape index (κ2) is 9.12. The summed E-state index contributed by atoms with van der Waals surface area (Å²) in [7, 11) is -4.71. The fourth-order valence-electron chi connectivity index (χ4n) is 1.14. The van der Waals surface area contributed by atoms with Gasteiger partial charge in [-0.05, 0) is 0 Å². The van der Waals surface area contributed by atoms with Crippen LogP contribution in [0.25, 0.3) is 0 Å². The van der Waals surface area contributed by atoms with E-state index in [1.165, 1.54) is 0 Å². The first-order valence-corrected chi connectivity index (χ1v) is 5.72. The third-order valence-corrected chi connectivity index (χ3v) is 2.25. The number of rotatable bonds is 4. The van der Waals surface area contributed by atoms with Gasteiger partial charge in [-0.25, -0.2) is 0 Å². The Hall–Kier alpha value is 2.15. The van der Waals surface area contributed by atoms with Crippen LogP contribution >= 0.6 is 7.94 Å². The van der Waals surface area contributed by atoms with Crippen LogP contribution in [0.3, 0.4) is 0 Å². The molecule has 1 aliphatic rings. The van der Waals surface area contributed by atoms with Gasteiger partial charge in [0.25, 0.3) is 0 Å². The van der Waals surface area contributed by atoms with Gasteiger partial charge in [0.1, 0.15) is 12.5 Å². The number of aliphatic hydroxyl groups excluding tert-OH is 2. The minimum absolute atomic E-state index is 0. The number of aliphatic hydroxyl groups is 2. The Kier molecular flexibility index (Phi) is 11.7. The van der Waals surface area contributed by atoms with Crippen molar-refractivity contribution in [3.8, 4) is 0 Å². The Bertz CT molecular complexity index is 190. The van der Waals surface area contributed by atoms with Crippen molar-refractivity contribution in [2.45, 2.75) is 24.9 Å². The van der Waals surface area contributed by atoms with E-state index < -0.39 is 32.8 Å². The number of ether oxygens (including phenoxy) is 2. The summed E-state index contributed by atoms with van der Waals surface area (Å²) in [5.74, 6) is 0. The molecule has 0 radical (unpaired) electrons. The van der Waals surface area contributed by atoms with Crippen LogP contribution < -0.4 is 73.8 Å². The summed E-state index contributed by atoms with van der Waals surface area (Å²) >= 11 is 0. The van der Waals surface area contributed by atoms with Crippen molar-refractivity contribution < 1.29 is 93.5 Å². The normalized spacial score (nSPS) is 29.4. The molecule has 1 saturated heterocycles. The Morgan fingerprint density at radius 2 is 1.88 bits per heavy atom. The van der Waals surface area contributed by atoms with Gasteiger partial charge in [0.15, 0.2) is 6.29 Å². The van der Waals surface area contributed by atoms with Gasteiger partial charge >= 0.3 is 59.1 Å². The summed E-state index contributed by atoms with van der Waals surface area (Å²) in [5, 5.41) is 17.9. The van der Waals surface area contributed by atoms with E-state index in [9.17, 15) is 19.8 Å². The van der Waals surface area contributed by atoms with Crippen molar-refractivity contribution in [2.24, 2.45) is 0 Å². The Morgan fingerprint density at radius 1 is 1.31 bits per heavy atom. The van der Waals surface area contributed by atoms with E-state index in [2.05, 4.69) is 4.74 Å². The maximum absolute atomic E-state index is 10.2. The molecule has 0 aromatic heterocycles. The SMILES string of the molecule is [Na+].[Na+].[O-][P+]([O-])([O-])CO[C@@H]1C[C@H](O)[C@@H](CO)O1. The van der Waals surface area contributed by atoms with E-state index in [0.29, 0.717) is 0 Å². The molecule has 0 unspecified atom stereocenters. The molecular formula is C6H11Na2O7P.